The molecule has 2 nitrogen and oxygen atoms in total. The third-order valence-electron chi connectivity index (χ3n) is 4.26. The average molecular weight is 198 g/mol. The lowest BCUT2D eigenvalue weighted by molar-refractivity contribution is 0.0968. The highest BCUT2D eigenvalue weighted by Gasteiger charge is 2.35. The molecule has 0 saturated carbocycles. The topological polar surface area (TPSA) is 29.3 Å². The van der Waals surface area contributed by atoms with Crippen molar-refractivity contribution in [3.63, 3.8) is 0 Å². The molecule has 1 saturated heterocycles. The summed E-state index contributed by atoms with van der Waals surface area (Å²) in [7, 11) is 0. The Morgan fingerprint density at radius 1 is 1.21 bits per heavy atom. The van der Waals surface area contributed by atoms with Gasteiger partial charge in [-0.25, -0.2) is 0 Å². The van der Waals surface area contributed by atoms with E-state index in [9.17, 15) is 0 Å². The first-order valence-electron chi connectivity index (χ1n) is 6.17. The van der Waals surface area contributed by atoms with Gasteiger partial charge >= 0.3 is 0 Å². The number of nitrogens with two attached hydrogens (primary N) is 1. The van der Waals surface area contributed by atoms with E-state index in [2.05, 4.69) is 25.7 Å². The zero-order chi connectivity index (χ0) is 10.6. The molecule has 84 valence electrons. The molecule has 2 N–H and O–H groups in total. The molecule has 0 aromatic heterocycles. The lowest BCUT2D eigenvalue weighted by Gasteiger charge is -2.40. The van der Waals surface area contributed by atoms with Crippen LogP contribution in [0.1, 0.15) is 46.5 Å². The van der Waals surface area contributed by atoms with E-state index in [1.54, 1.807) is 0 Å². The van der Waals surface area contributed by atoms with Gasteiger partial charge in [-0.15, -0.1) is 0 Å². The van der Waals surface area contributed by atoms with Crippen LogP contribution in [-0.4, -0.2) is 30.1 Å². The van der Waals surface area contributed by atoms with Gasteiger partial charge in [0, 0.05) is 12.1 Å². The fraction of sp³-hybridized carbons (Fsp3) is 1.00. The van der Waals surface area contributed by atoms with Crippen molar-refractivity contribution >= 4 is 0 Å². The van der Waals surface area contributed by atoms with E-state index in [1.165, 1.54) is 38.8 Å². The van der Waals surface area contributed by atoms with Crippen LogP contribution in [0.15, 0.2) is 0 Å². The Morgan fingerprint density at radius 2 is 1.79 bits per heavy atom. The van der Waals surface area contributed by atoms with Crippen molar-refractivity contribution in [3.05, 3.63) is 0 Å². The molecule has 1 atom stereocenters. The van der Waals surface area contributed by atoms with Crippen LogP contribution in [0, 0.1) is 5.92 Å². The smallest absolute Gasteiger partial charge is 0.0201 e. The van der Waals surface area contributed by atoms with Crippen LogP contribution in [0.4, 0.5) is 0 Å². The van der Waals surface area contributed by atoms with E-state index >= 15 is 0 Å². The summed E-state index contributed by atoms with van der Waals surface area (Å²) in [5.74, 6) is 0.749. The highest BCUT2D eigenvalue weighted by molar-refractivity contribution is 4.92. The molecule has 0 spiro atoms. The summed E-state index contributed by atoms with van der Waals surface area (Å²) in [5, 5.41) is 0. The third kappa shape index (κ3) is 2.12. The summed E-state index contributed by atoms with van der Waals surface area (Å²) in [5.41, 5.74) is 6.20. The van der Waals surface area contributed by atoms with Gasteiger partial charge in [-0.1, -0.05) is 20.8 Å². The zero-order valence-electron chi connectivity index (χ0n) is 10.1. The first-order valence-corrected chi connectivity index (χ1v) is 6.17. The summed E-state index contributed by atoms with van der Waals surface area (Å²) in [6.45, 7) is 10.3. The number of nitrogens with zero attached hydrogens (tertiary/aromatic N) is 1. The van der Waals surface area contributed by atoms with Gasteiger partial charge in [-0.2, -0.15) is 0 Å². The Balaban J connectivity index is 2.61. The summed E-state index contributed by atoms with van der Waals surface area (Å²) in [6, 6.07) is 0. The number of hydrogen-bond acceptors (Lipinski definition) is 2. The molecular weight excluding hydrogens is 172 g/mol. The Morgan fingerprint density at radius 3 is 2.14 bits per heavy atom. The molecule has 1 rings (SSSR count). The lowest BCUT2D eigenvalue weighted by atomic mass is 9.88. The maximum absolute atomic E-state index is 5.74. The first-order chi connectivity index (χ1) is 6.72. The van der Waals surface area contributed by atoms with Crippen molar-refractivity contribution in [2.24, 2.45) is 11.7 Å². The SMILES string of the molecule is CCC(CC)(CC)N1CCC(CN)C1. The van der Waals surface area contributed by atoms with Gasteiger partial charge in [0.2, 0.25) is 0 Å². The summed E-state index contributed by atoms with van der Waals surface area (Å²) in [4.78, 5) is 2.69. The van der Waals surface area contributed by atoms with Crippen LogP contribution >= 0.6 is 0 Å². The predicted octanol–water partition coefficient (Wildman–Crippen LogP) is 2.24. The maximum Gasteiger partial charge on any atom is 0.0201 e. The Labute approximate surface area is 88.8 Å². The van der Waals surface area contributed by atoms with Gasteiger partial charge in [-0.05, 0) is 44.7 Å². The predicted molar refractivity (Wildman–Crippen MR) is 62.3 cm³/mol. The van der Waals surface area contributed by atoms with Crippen molar-refractivity contribution in [3.8, 4) is 0 Å². The summed E-state index contributed by atoms with van der Waals surface area (Å²) < 4.78 is 0. The monoisotopic (exact) mass is 198 g/mol. The van der Waals surface area contributed by atoms with Gasteiger partial charge < -0.3 is 5.73 Å². The highest BCUT2D eigenvalue weighted by atomic mass is 15.2. The van der Waals surface area contributed by atoms with E-state index in [0.29, 0.717) is 5.54 Å². The lowest BCUT2D eigenvalue weighted by Crippen LogP contribution is -2.46. The Kier molecular flexibility index (Phi) is 4.39. The molecule has 0 aromatic carbocycles. The molecule has 2 heteroatoms. The van der Waals surface area contributed by atoms with Gasteiger partial charge in [0.25, 0.3) is 0 Å². The molecule has 1 fully saturated rings. The van der Waals surface area contributed by atoms with Crippen molar-refractivity contribution < 1.29 is 0 Å². The fourth-order valence-corrected chi connectivity index (χ4v) is 2.88. The van der Waals surface area contributed by atoms with Crippen LogP contribution < -0.4 is 5.73 Å². The molecule has 1 aliphatic rings. The highest BCUT2D eigenvalue weighted by Crippen LogP contribution is 2.32. The Hall–Kier alpha value is -0.0800. The molecule has 14 heavy (non-hydrogen) atoms. The minimum absolute atomic E-state index is 0.462. The molecule has 1 heterocycles. The van der Waals surface area contributed by atoms with Crippen molar-refractivity contribution in [1.29, 1.82) is 0 Å². The van der Waals surface area contributed by atoms with Crippen molar-refractivity contribution in [1.82, 2.24) is 4.90 Å². The largest absolute Gasteiger partial charge is 0.330 e. The van der Waals surface area contributed by atoms with Gasteiger partial charge in [0.1, 0.15) is 0 Å². The minimum atomic E-state index is 0.462. The number of hydrogen-bond donors (Lipinski definition) is 1. The van der Waals surface area contributed by atoms with Crippen LogP contribution in [0.2, 0.25) is 0 Å². The second kappa shape index (κ2) is 5.13. The normalized spacial score (nSPS) is 24.4. The summed E-state index contributed by atoms with van der Waals surface area (Å²) in [6.07, 6.45) is 5.13. The van der Waals surface area contributed by atoms with Crippen molar-refractivity contribution in [2.45, 2.75) is 52.0 Å². The fourth-order valence-electron chi connectivity index (χ4n) is 2.88. The van der Waals surface area contributed by atoms with Crippen LogP contribution in [0.25, 0.3) is 0 Å². The van der Waals surface area contributed by atoms with E-state index < -0.39 is 0 Å². The average Bonchev–Trinajstić information content (AvgIpc) is 2.71. The van der Waals surface area contributed by atoms with E-state index in [0.717, 1.165) is 12.5 Å². The van der Waals surface area contributed by atoms with Gasteiger partial charge in [0.05, 0.1) is 0 Å². The summed E-state index contributed by atoms with van der Waals surface area (Å²) >= 11 is 0. The van der Waals surface area contributed by atoms with Crippen LogP contribution in [-0.2, 0) is 0 Å². The molecule has 0 radical (unpaired) electrons. The van der Waals surface area contributed by atoms with E-state index in [-0.39, 0.29) is 0 Å². The Bertz CT molecular complexity index is 155. The van der Waals surface area contributed by atoms with E-state index in [1.807, 2.05) is 0 Å². The molecule has 0 amide bonds. The molecule has 0 aliphatic carbocycles. The molecule has 1 aliphatic heterocycles. The first kappa shape index (κ1) is 12.0. The quantitative estimate of drug-likeness (QED) is 0.734. The minimum Gasteiger partial charge on any atom is -0.330 e. The molecule has 0 aromatic rings. The van der Waals surface area contributed by atoms with Crippen LogP contribution in [0.5, 0.6) is 0 Å². The van der Waals surface area contributed by atoms with Gasteiger partial charge in [0.15, 0.2) is 0 Å². The standard InChI is InChI=1S/C12H26N2/c1-4-12(5-2,6-3)14-8-7-11(9-13)10-14/h11H,4-10,13H2,1-3H3. The zero-order valence-corrected chi connectivity index (χ0v) is 10.1. The molecular formula is C12H26N2. The maximum atomic E-state index is 5.74. The van der Waals surface area contributed by atoms with Crippen LogP contribution in [0.3, 0.4) is 0 Å². The second-order valence-electron chi connectivity index (χ2n) is 4.62. The van der Waals surface area contributed by atoms with Crippen molar-refractivity contribution in [2.75, 3.05) is 19.6 Å². The third-order valence-corrected chi connectivity index (χ3v) is 4.26. The molecule has 0 bridgehead atoms. The van der Waals surface area contributed by atoms with E-state index in [4.69, 9.17) is 5.73 Å². The second-order valence-corrected chi connectivity index (χ2v) is 4.62. The molecule has 1 unspecified atom stereocenters. The number of likely N-dealkylation sites (tertiary alicyclic amines) is 1. The number of rotatable bonds is 5. The van der Waals surface area contributed by atoms with Gasteiger partial charge in [-0.3, -0.25) is 4.90 Å².